The van der Waals surface area contributed by atoms with E-state index in [0.717, 1.165) is 16.0 Å². The van der Waals surface area contributed by atoms with E-state index in [2.05, 4.69) is 0 Å². The second kappa shape index (κ2) is 2.77. The van der Waals surface area contributed by atoms with Crippen molar-refractivity contribution in [3.05, 3.63) is 35.4 Å². The standard InChI is InChI=1S/C10H11F2N/c1-8-2-4-9(5-3-8)6-13-7-10(13,11)12/h2-5H,6-7H2,1H3. The second-order valence-electron chi connectivity index (χ2n) is 3.51. The molecule has 1 aliphatic rings. The number of hydrogen-bond donors (Lipinski definition) is 0. The summed E-state index contributed by atoms with van der Waals surface area (Å²) in [5, 5.41) is 0. The van der Waals surface area contributed by atoms with Gasteiger partial charge >= 0.3 is 6.05 Å². The van der Waals surface area contributed by atoms with Gasteiger partial charge in [-0.3, -0.25) is 0 Å². The summed E-state index contributed by atoms with van der Waals surface area (Å²) < 4.78 is 25.0. The zero-order valence-electron chi connectivity index (χ0n) is 7.43. The molecule has 1 aromatic rings. The molecule has 2 rings (SSSR count). The predicted octanol–water partition coefficient (Wildman–Crippen LogP) is 2.40. The van der Waals surface area contributed by atoms with Crippen LogP contribution in [0.5, 0.6) is 0 Å². The van der Waals surface area contributed by atoms with Gasteiger partial charge in [0.2, 0.25) is 0 Å². The van der Waals surface area contributed by atoms with E-state index in [1.54, 1.807) is 0 Å². The van der Waals surface area contributed by atoms with Crippen LogP contribution in [0.4, 0.5) is 8.78 Å². The van der Waals surface area contributed by atoms with Gasteiger partial charge < -0.3 is 0 Å². The van der Waals surface area contributed by atoms with E-state index in [1.165, 1.54) is 0 Å². The van der Waals surface area contributed by atoms with Crippen LogP contribution in [0.2, 0.25) is 0 Å². The summed E-state index contributed by atoms with van der Waals surface area (Å²) in [6.07, 6.45) is 0. The van der Waals surface area contributed by atoms with Gasteiger partial charge in [-0.05, 0) is 12.5 Å². The number of alkyl halides is 2. The molecule has 0 N–H and O–H groups in total. The third-order valence-electron chi connectivity index (χ3n) is 2.23. The minimum absolute atomic E-state index is 0.0964. The Bertz CT molecular complexity index is 305. The molecule has 70 valence electrons. The lowest BCUT2D eigenvalue weighted by Gasteiger charge is -2.02. The summed E-state index contributed by atoms with van der Waals surface area (Å²) in [5.74, 6) is 0. The van der Waals surface area contributed by atoms with E-state index >= 15 is 0 Å². The summed E-state index contributed by atoms with van der Waals surface area (Å²) in [7, 11) is 0. The van der Waals surface area contributed by atoms with Crippen molar-refractivity contribution in [3.8, 4) is 0 Å². The summed E-state index contributed by atoms with van der Waals surface area (Å²) in [4.78, 5) is 1.15. The van der Waals surface area contributed by atoms with Gasteiger partial charge in [0.15, 0.2) is 0 Å². The van der Waals surface area contributed by atoms with Crippen LogP contribution >= 0.6 is 0 Å². The quantitative estimate of drug-likeness (QED) is 0.502. The minimum Gasteiger partial charge on any atom is -0.232 e. The molecule has 1 unspecified atom stereocenters. The first kappa shape index (κ1) is 8.63. The van der Waals surface area contributed by atoms with Crippen LogP contribution in [0.15, 0.2) is 24.3 Å². The van der Waals surface area contributed by atoms with E-state index in [4.69, 9.17) is 0 Å². The molecule has 1 nitrogen and oxygen atoms in total. The van der Waals surface area contributed by atoms with Crippen molar-refractivity contribution in [1.29, 1.82) is 0 Å². The highest BCUT2D eigenvalue weighted by molar-refractivity contribution is 5.21. The largest absolute Gasteiger partial charge is 0.318 e. The van der Waals surface area contributed by atoms with Crippen molar-refractivity contribution in [2.45, 2.75) is 19.5 Å². The molecule has 0 radical (unpaired) electrons. The van der Waals surface area contributed by atoms with Crippen molar-refractivity contribution in [1.82, 2.24) is 4.90 Å². The Labute approximate surface area is 76.0 Å². The Kier molecular flexibility index (Phi) is 1.84. The fraction of sp³-hybridized carbons (Fsp3) is 0.400. The number of hydrogen-bond acceptors (Lipinski definition) is 1. The highest BCUT2D eigenvalue weighted by atomic mass is 19.3. The van der Waals surface area contributed by atoms with Crippen molar-refractivity contribution >= 4 is 0 Å². The maximum Gasteiger partial charge on any atom is 0.318 e. The molecule has 1 aromatic carbocycles. The number of rotatable bonds is 2. The minimum atomic E-state index is -2.55. The van der Waals surface area contributed by atoms with Crippen LogP contribution in [0.25, 0.3) is 0 Å². The Hall–Kier alpha value is -0.960. The molecule has 1 saturated heterocycles. The van der Waals surface area contributed by atoms with Crippen LogP contribution in [0.3, 0.4) is 0 Å². The molecule has 0 aromatic heterocycles. The summed E-state index contributed by atoms with van der Waals surface area (Å²) in [5.41, 5.74) is 2.10. The van der Waals surface area contributed by atoms with Gasteiger partial charge in [-0.25, -0.2) is 4.90 Å². The lowest BCUT2D eigenvalue weighted by molar-refractivity contribution is 0.0514. The van der Waals surface area contributed by atoms with Crippen LogP contribution in [0, 0.1) is 6.92 Å². The monoisotopic (exact) mass is 183 g/mol. The molecule has 0 amide bonds. The van der Waals surface area contributed by atoms with Crippen LogP contribution in [-0.4, -0.2) is 17.5 Å². The van der Waals surface area contributed by atoms with E-state index in [9.17, 15) is 8.78 Å². The van der Waals surface area contributed by atoms with Gasteiger partial charge in [0.25, 0.3) is 0 Å². The fourth-order valence-corrected chi connectivity index (χ4v) is 1.28. The van der Waals surface area contributed by atoms with Gasteiger partial charge in [0.05, 0.1) is 6.54 Å². The lowest BCUT2D eigenvalue weighted by Crippen LogP contribution is -2.05. The van der Waals surface area contributed by atoms with Crippen molar-refractivity contribution in [3.63, 3.8) is 0 Å². The Morgan fingerprint density at radius 1 is 1.31 bits per heavy atom. The SMILES string of the molecule is Cc1ccc(CN2CC2(F)F)cc1. The summed E-state index contributed by atoms with van der Waals surface area (Å²) >= 11 is 0. The normalized spacial score (nSPS) is 24.4. The van der Waals surface area contributed by atoms with Gasteiger partial charge in [0.1, 0.15) is 0 Å². The predicted molar refractivity (Wildman–Crippen MR) is 46.5 cm³/mol. The van der Waals surface area contributed by atoms with Crippen LogP contribution in [-0.2, 0) is 6.54 Å². The zero-order valence-corrected chi connectivity index (χ0v) is 7.43. The number of halogens is 2. The first-order chi connectivity index (χ1) is 6.08. The highest BCUT2D eigenvalue weighted by Gasteiger charge is 2.53. The van der Waals surface area contributed by atoms with Gasteiger partial charge in [-0.15, -0.1) is 0 Å². The van der Waals surface area contributed by atoms with E-state index in [0.29, 0.717) is 6.54 Å². The van der Waals surface area contributed by atoms with E-state index in [1.807, 2.05) is 31.2 Å². The molecular weight excluding hydrogens is 172 g/mol. The maximum atomic E-state index is 12.5. The van der Waals surface area contributed by atoms with Crippen molar-refractivity contribution < 1.29 is 8.78 Å². The van der Waals surface area contributed by atoms with Crippen molar-refractivity contribution in [2.75, 3.05) is 6.54 Å². The first-order valence-corrected chi connectivity index (χ1v) is 4.26. The van der Waals surface area contributed by atoms with Gasteiger partial charge in [-0.2, -0.15) is 8.78 Å². The Morgan fingerprint density at radius 3 is 2.31 bits per heavy atom. The molecule has 1 heterocycles. The average molecular weight is 183 g/mol. The maximum absolute atomic E-state index is 12.5. The molecule has 0 bridgehead atoms. The topological polar surface area (TPSA) is 3.01 Å². The highest BCUT2D eigenvalue weighted by Crippen LogP contribution is 2.36. The van der Waals surface area contributed by atoms with Gasteiger partial charge in [0, 0.05) is 6.54 Å². The molecule has 0 aliphatic carbocycles. The molecule has 0 spiro atoms. The van der Waals surface area contributed by atoms with E-state index in [-0.39, 0.29) is 6.54 Å². The third-order valence-corrected chi connectivity index (χ3v) is 2.23. The fourth-order valence-electron chi connectivity index (χ4n) is 1.28. The summed E-state index contributed by atoms with van der Waals surface area (Å²) in [6.45, 7) is 2.24. The molecule has 13 heavy (non-hydrogen) atoms. The molecule has 1 atom stereocenters. The molecule has 1 fully saturated rings. The number of nitrogens with zero attached hydrogens (tertiary/aromatic N) is 1. The molecular formula is C10H11F2N. The molecule has 1 aliphatic heterocycles. The van der Waals surface area contributed by atoms with Gasteiger partial charge in [-0.1, -0.05) is 29.8 Å². The smallest absolute Gasteiger partial charge is 0.232 e. The third kappa shape index (κ3) is 1.86. The van der Waals surface area contributed by atoms with E-state index < -0.39 is 6.05 Å². The molecule has 0 saturated carbocycles. The Balaban J connectivity index is 2.00. The number of benzene rings is 1. The first-order valence-electron chi connectivity index (χ1n) is 4.26. The molecule has 3 heteroatoms. The van der Waals surface area contributed by atoms with Crippen LogP contribution < -0.4 is 0 Å². The zero-order chi connectivity index (χ0) is 9.47. The Morgan fingerprint density at radius 2 is 1.85 bits per heavy atom. The second-order valence-corrected chi connectivity index (χ2v) is 3.51. The lowest BCUT2D eigenvalue weighted by atomic mass is 10.1. The average Bonchev–Trinajstić information content (AvgIpc) is 2.64. The number of aryl methyl sites for hydroxylation is 1. The van der Waals surface area contributed by atoms with Crippen molar-refractivity contribution in [2.24, 2.45) is 0 Å². The van der Waals surface area contributed by atoms with Crippen LogP contribution in [0.1, 0.15) is 11.1 Å². The summed E-state index contributed by atoms with van der Waals surface area (Å²) in [6, 6.07) is 5.12.